The highest BCUT2D eigenvalue weighted by Gasteiger charge is 2.29. The van der Waals surface area contributed by atoms with E-state index in [4.69, 9.17) is 28.0 Å². The largest absolute Gasteiger partial charge is 0.480 e. The Bertz CT molecular complexity index is 490. The third-order valence-corrected chi connectivity index (χ3v) is 7.02. The first-order valence-electron chi connectivity index (χ1n) is 8.78. The number of thioether (sulfide) groups is 2. The molecule has 13 heteroatoms. The summed E-state index contributed by atoms with van der Waals surface area (Å²) in [6, 6.07) is -2.16. The van der Waals surface area contributed by atoms with Crippen LogP contribution >= 0.6 is 23.5 Å². The van der Waals surface area contributed by atoms with E-state index in [0.717, 1.165) is 19.4 Å². The molecule has 10 N–H and O–H groups in total. The van der Waals surface area contributed by atoms with E-state index in [-0.39, 0.29) is 17.5 Å². The minimum Gasteiger partial charge on any atom is -0.480 e. The van der Waals surface area contributed by atoms with Crippen molar-refractivity contribution in [2.24, 2.45) is 22.9 Å². The van der Waals surface area contributed by atoms with Crippen LogP contribution in [0, 0.1) is 0 Å². The summed E-state index contributed by atoms with van der Waals surface area (Å²) in [6.07, 6.45) is 1.78. The smallest absolute Gasteiger partial charge is 0.320 e. The third-order valence-electron chi connectivity index (χ3n) is 3.45. The lowest BCUT2D eigenvalue weighted by molar-refractivity contribution is -0.139. The Kier molecular flexibility index (Phi) is 16.0. The van der Waals surface area contributed by atoms with Crippen molar-refractivity contribution in [1.82, 2.24) is 5.32 Å². The number of nitrogens with one attached hydrogen (secondary N) is 1. The highest BCUT2D eigenvalue weighted by Crippen LogP contribution is 2.07. The van der Waals surface area contributed by atoms with Gasteiger partial charge in [0.1, 0.15) is 6.04 Å². The van der Waals surface area contributed by atoms with E-state index in [1.807, 2.05) is 0 Å². The number of hydrogen-bond donors (Lipinski definition) is 6. The summed E-state index contributed by atoms with van der Waals surface area (Å²) >= 11 is 2.76. The van der Waals surface area contributed by atoms with Crippen molar-refractivity contribution in [3.05, 3.63) is 0 Å². The van der Waals surface area contributed by atoms with Crippen LogP contribution < -0.4 is 28.3 Å². The average Bonchev–Trinajstić information content (AvgIpc) is 3.22. The zero-order valence-electron chi connectivity index (χ0n) is 15.7. The SMILES string of the molecule is NCCSC[C@H](N)C(=O)S(=O)C(=O)[C@@H](N)CSCCN.O=C(O)[C@@H]1CCCN1. The summed E-state index contributed by atoms with van der Waals surface area (Å²) in [5.74, 6) is 1.15. The molecule has 0 aliphatic carbocycles. The molecule has 0 amide bonds. The highest BCUT2D eigenvalue weighted by atomic mass is 32.2. The summed E-state index contributed by atoms with van der Waals surface area (Å²) in [6.45, 7) is 1.80. The molecule has 1 aliphatic heterocycles. The molecular formula is C15H31N5O5S3. The van der Waals surface area contributed by atoms with Gasteiger partial charge in [0.25, 0.3) is 0 Å². The Balaban J connectivity index is 0.000000749. The molecule has 0 aromatic rings. The van der Waals surface area contributed by atoms with Crippen molar-refractivity contribution in [3.63, 3.8) is 0 Å². The Morgan fingerprint density at radius 1 is 1.04 bits per heavy atom. The van der Waals surface area contributed by atoms with Crippen LogP contribution in [0.15, 0.2) is 0 Å². The number of aliphatic carboxylic acids is 1. The van der Waals surface area contributed by atoms with Crippen LogP contribution in [0.5, 0.6) is 0 Å². The lowest BCUT2D eigenvalue weighted by Gasteiger charge is -2.12. The van der Waals surface area contributed by atoms with Crippen LogP contribution in [-0.4, -0.2) is 86.3 Å². The Morgan fingerprint density at radius 2 is 1.50 bits per heavy atom. The molecular weight excluding hydrogens is 426 g/mol. The molecule has 1 fully saturated rings. The predicted molar refractivity (Wildman–Crippen MR) is 116 cm³/mol. The molecule has 1 heterocycles. The molecule has 1 rings (SSSR count). The van der Waals surface area contributed by atoms with E-state index in [2.05, 4.69) is 5.32 Å². The second kappa shape index (κ2) is 16.3. The summed E-state index contributed by atoms with van der Waals surface area (Å²) in [7, 11) is -2.30. The van der Waals surface area contributed by atoms with Crippen molar-refractivity contribution in [1.29, 1.82) is 0 Å². The van der Waals surface area contributed by atoms with Gasteiger partial charge in [-0.15, -0.1) is 0 Å². The third kappa shape index (κ3) is 11.5. The molecule has 3 atom stereocenters. The van der Waals surface area contributed by atoms with E-state index in [9.17, 15) is 18.6 Å². The van der Waals surface area contributed by atoms with E-state index >= 15 is 0 Å². The maximum Gasteiger partial charge on any atom is 0.320 e. The minimum atomic E-state index is -2.30. The maximum atomic E-state index is 11.8. The van der Waals surface area contributed by atoms with Crippen LogP contribution in [0.2, 0.25) is 0 Å². The highest BCUT2D eigenvalue weighted by molar-refractivity contribution is 8.13. The molecule has 10 nitrogen and oxygen atoms in total. The molecule has 0 spiro atoms. The molecule has 0 unspecified atom stereocenters. The minimum absolute atomic E-state index is 0.269. The van der Waals surface area contributed by atoms with Crippen LogP contribution in [0.3, 0.4) is 0 Å². The van der Waals surface area contributed by atoms with Crippen molar-refractivity contribution in [3.8, 4) is 0 Å². The van der Waals surface area contributed by atoms with Gasteiger partial charge in [0.2, 0.25) is 10.2 Å². The topological polar surface area (TPSA) is 205 Å². The molecule has 28 heavy (non-hydrogen) atoms. The Hall–Kier alpha value is -0.540. The second-order valence-corrected chi connectivity index (χ2v) is 9.48. The van der Waals surface area contributed by atoms with Gasteiger partial charge in [0.05, 0.1) is 12.1 Å². The number of carboxylic acid groups (broad SMARTS) is 1. The van der Waals surface area contributed by atoms with Gasteiger partial charge in [0, 0.05) is 36.1 Å². The standard InChI is InChI=1S/C10H22N4O3S3.C5H9NO2/c11-1-3-18-5-7(13)9(15)20(17)10(16)8(14)6-19-4-2-12;7-5(8)4-2-1-3-6-4/h7-8H,1-6,11-14H2;4,6H,1-3H2,(H,7,8)/t7-,8-;4-/m00/s1. The van der Waals surface area contributed by atoms with Gasteiger partial charge in [-0.1, -0.05) is 0 Å². The molecule has 0 aromatic carbocycles. The summed E-state index contributed by atoms with van der Waals surface area (Å²) in [5.41, 5.74) is 21.8. The first-order valence-corrected chi connectivity index (χ1v) is 12.2. The van der Waals surface area contributed by atoms with E-state index in [1.54, 1.807) is 0 Å². The van der Waals surface area contributed by atoms with Gasteiger partial charge in [-0.2, -0.15) is 23.5 Å². The van der Waals surface area contributed by atoms with Crippen molar-refractivity contribution in [2.75, 3.05) is 42.6 Å². The average molecular weight is 458 g/mol. The zero-order chi connectivity index (χ0) is 21.5. The van der Waals surface area contributed by atoms with E-state index in [1.165, 1.54) is 23.5 Å². The monoisotopic (exact) mass is 457 g/mol. The molecule has 0 bridgehead atoms. The predicted octanol–water partition coefficient (Wildman–Crippen LogP) is -2.35. The van der Waals surface area contributed by atoms with E-state index < -0.39 is 39.1 Å². The van der Waals surface area contributed by atoms with Gasteiger partial charge >= 0.3 is 5.97 Å². The zero-order valence-corrected chi connectivity index (χ0v) is 18.2. The quantitative estimate of drug-likeness (QED) is 0.180. The van der Waals surface area contributed by atoms with E-state index in [0.29, 0.717) is 24.6 Å². The van der Waals surface area contributed by atoms with Gasteiger partial charge < -0.3 is 33.4 Å². The lowest BCUT2D eigenvalue weighted by Crippen LogP contribution is -2.43. The molecule has 1 aliphatic rings. The molecule has 0 radical (unpaired) electrons. The number of nitrogens with two attached hydrogens (primary N) is 4. The summed E-state index contributed by atoms with van der Waals surface area (Å²) in [5, 5.41) is 9.65. The van der Waals surface area contributed by atoms with Crippen molar-refractivity contribution < 1.29 is 23.7 Å². The van der Waals surface area contributed by atoms with Crippen LogP contribution in [0.1, 0.15) is 12.8 Å². The second-order valence-electron chi connectivity index (χ2n) is 5.83. The number of carbonyl (C=O) groups is 3. The molecule has 1 saturated heterocycles. The maximum absolute atomic E-state index is 11.8. The number of hydrogen-bond acceptors (Lipinski definition) is 11. The normalized spacial score (nSPS) is 18.2. The van der Waals surface area contributed by atoms with Gasteiger partial charge in [-0.05, 0) is 19.4 Å². The summed E-state index contributed by atoms with van der Waals surface area (Å²) in [4.78, 5) is 33.6. The fraction of sp³-hybridized carbons (Fsp3) is 0.800. The Morgan fingerprint density at radius 3 is 1.79 bits per heavy atom. The lowest BCUT2D eigenvalue weighted by atomic mass is 10.2. The van der Waals surface area contributed by atoms with Crippen LogP contribution in [-0.2, 0) is 25.2 Å². The van der Waals surface area contributed by atoms with Crippen LogP contribution in [0.4, 0.5) is 0 Å². The number of carbonyl (C=O) groups excluding carboxylic acids is 2. The summed E-state index contributed by atoms with van der Waals surface area (Å²) < 4.78 is 11.8. The van der Waals surface area contributed by atoms with Gasteiger partial charge in [-0.3, -0.25) is 14.4 Å². The molecule has 0 saturated carbocycles. The fourth-order valence-electron chi connectivity index (χ4n) is 1.99. The van der Waals surface area contributed by atoms with Gasteiger partial charge in [0.15, 0.2) is 10.8 Å². The number of rotatable bonds is 11. The first-order chi connectivity index (χ1) is 13.3. The number of carboxylic acids is 1. The van der Waals surface area contributed by atoms with Gasteiger partial charge in [-0.25, -0.2) is 4.21 Å². The molecule has 0 aromatic heterocycles. The van der Waals surface area contributed by atoms with Crippen LogP contribution in [0.25, 0.3) is 0 Å². The Labute approximate surface area is 176 Å². The van der Waals surface area contributed by atoms with Crippen molar-refractivity contribution >= 4 is 50.5 Å². The molecule has 164 valence electrons. The fourth-order valence-corrected chi connectivity index (χ4v) is 4.60. The first kappa shape index (κ1) is 27.5. The van der Waals surface area contributed by atoms with Crippen molar-refractivity contribution in [2.45, 2.75) is 31.0 Å².